The van der Waals surface area contributed by atoms with Crippen LogP contribution in [0, 0.1) is 12.3 Å². The molecule has 0 amide bonds. The summed E-state index contributed by atoms with van der Waals surface area (Å²) in [6, 6.07) is 4.74. The molecule has 1 aromatic heterocycles. The topological polar surface area (TPSA) is 79.3 Å². The predicted molar refractivity (Wildman–Crippen MR) is 98.3 cm³/mol. The third-order valence-corrected chi connectivity index (χ3v) is 6.51. The molecular weight excluding hydrogens is 368 g/mol. The van der Waals surface area contributed by atoms with Crippen LogP contribution in [0.4, 0.5) is 5.13 Å². The van der Waals surface area contributed by atoms with Crippen LogP contribution < -0.4 is 4.72 Å². The van der Waals surface area contributed by atoms with Crippen molar-refractivity contribution in [3.05, 3.63) is 39.9 Å². The Morgan fingerprint density at radius 1 is 1.38 bits per heavy atom. The number of hydrogen-bond acceptors (Lipinski definition) is 5. The van der Waals surface area contributed by atoms with Gasteiger partial charge in [-0.25, -0.2) is 13.4 Å². The number of aliphatic hydroxyl groups excluding tert-OH is 1. The molecule has 1 aromatic carbocycles. The van der Waals surface area contributed by atoms with Gasteiger partial charge in [-0.2, -0.15) is 0 Å². The van der Waals surface area contributed by atoms with Crippen molar-refractivity contribution in [1.82, 2.24) is 4.98 Å². The summed E-state index contributed by atoms with van der Waals surface area (Å²) in [6.45, 7) is 7.48. The van der Waals surface area contributed by atoms with Gasteiger partial charge in [0.1, 0.15) is 0 Å². The second-order valence-corrected chi connectivity index (χ2v) is 9.61. The van der Waals surface area contributed by atoms with E-state index in [-0.39, 0.29) is 15.4 Å². The van der Waals surface area contributed by atoms with E-state index < -0.39 is 16.1 Å². The number of hydrogen-bond donors (Lipinski definition) is 2. The SMILES string of the molecule is Cc1c(Cl)cccc1S(=O)(=O)Nc1nc(CC(O)C(C)(C)C)cs1. The van der Waals surface area contributed by atoms with Gasteiger partial charge in [0.25, 0.3) is 10.0 Å². The normalized spacial score (nSPS) is 13.8. The maximum absolute atomic E-state index is 12.5. The molecule has 8 heteroatoms. The summed E-state index contributed by atoms with van der Waals surface area (Å²) < 4.78 is 27.5. The first-order valence-corrected chi connectivity index (χ1v) is 10.1. The summed E-state index contributed by atoms with van der Waals surface area (Å²) in [5, 5.41) is 12.5. The van der Waals surface area contributed by atoms with Gasteiger partial charge in [-0.15, -0.1) is 11.3 Å². The quantitative estimate of drug-likeness (QED) is 0.815. The van der Waals surface area contributed by atoms with Crippen LogP contribution >= 0.6 is 22.9 Å². The second kappa shape index (κ2) is 7.00. The summed E-state index contributed by atoms with van der Waals surface area (Å²) in [5.41, 5.74) is 0.885. The van der Waals surface area contributed by atoms with Crippen molar-refractivity contribution < 1.29 is 13.5 Å². The van der Waals surface area contributed by atoms with Crippen molar-refractivity contribution in [3.63, 3.8) is 0 Å². The molecule has 2 N–H and O–H groups in total. The van der Waals surface area contributed by atoms with Crippen molar-refractivity contribution in [2.45, 2.75) is 45.1 Å². The molecule has 0 aliphatic heterocycles. The third kappa shape index (κ3) is 4.47. The fraction of sp³-hybridized carbons (Fsp3) is 0.438. The number of nitrogens with zero attached hydrogens (tertiary/aromatic N) is 1. The van der Waals surface area contributed by atoms with Gasteiger partial charge in [0.2, 0.25) is 0 Å². The van der Waals surface area contributed by atoms with E-state index in [1.807, 2.05) is 20.8 Å². The Hall–Kier alpha value is -1.15. The van der Waals surface area contributed by atoms with E-state index in [2.05, 4.69) is 9.71 Å². The summed E-state index contributed by atoms with van der Waals surface area (Å²) in [4.78, 5) is 4.39. The minimum Gasteiger partial charge on any atom is -0.392 e. The lowest BCUT2D eigenvalue weighted by molar-refractivity contribution is 0.0629. The second-order valence-electron chi connectivity index (χ2n) is 6.70. The molecule has 132 valence electrons. The summed E-state index contributed by atoms with van der Waals surface area (Å²) in [7, 11) is -3.76. The Morgan fingerprint density at radius 3 is 2.67 bits per heavy atom. The maximum atomic E-state index is 12.5. The summed E-state index contributed by atoms with van der Waals surface area (Å²) in [5.74, 6) is 0. The molecule has 1 unspecified atom stereocenters. The molecule has 24 heavy (non-hydrogen) atoms. The highest BCUT2D eigenvalue weighted by Gasteiger charge is 2.24. The zero-order valence-corrected chi connectivity index (χ0v) is 16.4. The largest absolute Gasteiger partial charge is 0.392 e. The Balaban J connectivity index is 2.18. The van der Waals surface area contributed by atoms with Gasteiger partial charge < -0.3 is 5.11 Å². The third-order valence-electron chi connectivity index (χ3n) is 3.68. The number of thiazole rings is 1. The lowest BCUT2D eigenvalue weighted by atomic mass is 9.87. The fourth-order valence-corrected chi connectivity index (χ4v) is 4.48. The Kier molecular flexibility index (Phi) is 5.59. The predicted octanol–water partition coefficient (Wildman–Crippen LogP) is 3.86. The van der Waals surface area contributed by atoms with E-state index in [9.17, 15) is 13.5 Å². The number of nitrogens with one attached hydrogen (secondary N) is 1. The van der Waals surface area contributed by atoms with Gasteiger partial charge in [-0.1, -0.05) is 38.4 Å². The molecule has 2 rings (SSSR count). The van der Waals surface area contributed by atoms with E-state index in [4.69, 9.17) is 11.6 Å². The first-order valence-electron chi connectivity index (χ1n) is 7.41. The van der Waals surface area contributed by atoms with Crippen LogP contribution in [0.15, 0.2) is 28.5 Å². The number of rotatable bonds is 5. The van der Waals surface area contributed by atoms with Gasteiger partial charge in [-0.05, 0) is 30.0 Å². The Bertz CT molecular complexity index is 826. The van der Waals surface area contributed by atoms with Gasteiger partial charge in [0, 0.05) is 16.8 Å². The summed E-state index contributed by atoms with van der Waals surface area (Å²) >= 11 is 7.18. The van der Waals surface area contributed by atoms with Crippen LogP contribution in [0.25, 0.3) is 0 Å². The molecular formula is C16H21ClN2O3S2. The number of aliphatic hydroxyl groups is 1. The zero-order valence-electron chi connectivity index (χ0n) is 14.0. The average Bonchev–Trinajstić information content (AvgIpc) is 2.87. The number of sulfonamides is 1. The molecule has 0 fully saturated rings. The molecule has 0 radical (unpaired) electrons. The van der Waals surface area contributed by atoms with Crippen molar-refractivity contribution in [2.24, 2.45) is 5.41 Å². The number of halogens is 1. The smallest absolute Gasteiger partial charge is 0.263 e. The van der Waals surface area contributed by atoms with Crippen molar-refractivity contribution in [1.29, 1.82) is 0 Å². The van der Waals surface area contributed by atoms with E-state index in [1.54, 1.807) is 24.4 Å². The van der Waals surface area contributed by atoms with Gasteiger partial charge in [0.05, 0.1) is 16.7 Å². The molecule has 1 atom stereocenters. The molecule has 0 aliphatic rings. The summed E-state index contributed by atoms with van der Waals surface area (Å²) in [6.07, 6.45) is -0.183. The molecule has 0 aliphatic carbocycles. The number of aromatic nitrogens is 1. The highest BCUT2D eigenvalue weighted by molar-refractivity contribution is 7.93. The van der Waals surface area contributed by atoms with E-state index in [0.717, 1.165) is 0 Å². The Morgan fingerprint density at radius 2 is 2.04 bits per heavy atom. The lowest BCUT2D eigenvalue weighted by Crippen LogP contribution is -2.28. The minimum atomic E-state index is -3.76. The van der Waals surface area contributed by atoms with Crippen LogP contribution in [-0.2, 0) is 16.4 Å². The van der Waals surface area contributed by atoms with Crippen molar-refractivity contribution >= 4 is 38.1 Å². The molecule has 0 saturated carbocycles. The first kappa shape index (κ1) is 19.2. The molecule has 0 spiro atoms. The van der Waals surface area contributed by atoms with E-state index in [1.165, 1.54) is 17.4 Å². The van der Waals surface area contributed by atoms with Gasteiger partial charge >= 0.3 is 0 Å². The first-order chi connectivity index (χ1) is 11.0. The van der Waals surface area contributed by atoms with Crippen LogP contribution in [0.2, 0.25) is 5.02 Å². The molecule has 0 bridgehead atoms. The highest BCUT2D eigenvalue weighted by Crippen LogP contribution is 2.27. The van der Waals surface area contributed by atoms with Crippen LogP contribution in [0.5, 0.6) is 0 Å². The van der Waals surface area contributed by atoms with Gasteiger partial charge in [-0.3, -0.25) is 4.72 Å². The maximum Gasteiger partial charge on any atom is 0.263 e. The fourth-order valence-electron chi connectivity index (χ4n) is 2.00. The lowest BCUT2D eigenvalue weighted by Gasteiger charge is -2.24. The van der Waals surface area contributed by atoms with Crippen molar-refractivity contribution in [3.8, 4) is 0 Å². The number of anilines is 1. The highest BCUT2D eigenvalue weighted by atomic mass is 35.5. The van der Waals surface area contributed by atoms with E-state index >= 15 is 0 Å². The number of benzene rings is 1. The molecule has 0 saturated heterocycles. The van der Waals surface area contributed by atoms with Crippen LogP contribution in [-0.4, -0.2) is 24.6 Å². The molecule has 5 nitrogen and oxygen atoms in total. The van der Waals surface area contributed by atoms with Crippen LogP contribution in [0.1, 0.15) is 32.0 Å². The van der Waals surface area contributed by atoms with Gasteiger partial charge in [0.15, 0.2) is 5.13 Å². The Labute approximate surface area is 151 Å². The van der Waals surface area contributed by atoms with Crippen LogP contribution in [0.3, 0.4) is 0 Å². The zero-order chi connectivity index (χ0) is 18.1. The minimum absolute atomic E-state index is 0.126. The monoisotopic (exact) mass is 388 g/mol. The average molecular weight is 389 g/mol. The molecule has 1 heterocycles. The molecule has 2 aromatic rings. The van der Waals surface area contributed by atoms with Crippen molar-refractivity contribution in [2.75, 3.05) is 4.72 Å². The van der Waals surface area contributed by atoms with E-state index in [0.29, 0.717) is 22.7 Å². The standard InChI is InChI=1S/C16H21ClN2O3S2/c1-10-12(17)6-5-7-13(10)24(21,22)19-15-18-11(9-23-15)8-14(20)16(2,3)4/h5-7,9,14,20H,8H2,1-4H3,(H,18,19).